The Balaban J connectivity index is 0.000000196. The molecule has 0 aliphatic heterocycles. The summed E-state index contributed by atoms with van der Waals surface area (Å²) in [5, 5.41) is 0. The highest BCUT2D eigenvalue weighted by Gasteiger charge is 2.42. The van der Waals surface area contributed by atoms with Crippen LogP contribution in [0.3, 0.4) is 0 Å². The minimum Gasteiger partial charge on any atom is -0.0625 e. The van der Waals surface area contributed by atoms with Crippen LogP contribution in [0.1, 0.15) is 52.4 Å². The lowest BCUT2D eigenvalue weighted by molar-refractivity contribution is 0.0920. The molecule has 0 unspecified atom stereocenters. The molecule has 74 valence electrons. The second kappa shape index (κ2) is 4.02. The van der Waals surface area contributed by atoms with Crippen LogP contribution < -0.4 is 0 Å². The lowest BCUT2D eigenvalue weighted by Gasteiger charge is -2.49. The van der Waals surface area contributed by atoms with Gasteiger partial charge in [-0.15, -0.1) is 0 Å². The van der Waals surface area contributed by atoms with E-state index in [0.717, 1.165) is 17.8 Å². The average molecular weight is 178 g/mol. The predicted molar refractivity (Wildman–Crippen MR) is 57.1 cm³/mol. The summed E-state index contributed by atoms with van der Waals surface area (Å²) in [7, 11) is 0. The van der Waals surface area contributed by atoms with E-state index in [-0.39, 0.29) is 0 Å². The summed E-state index contributed by atoms with van der Waals surface area (Å²) in [4.78, 5) is 0. The van der Waals surface area contributed by atoms with Gasteiger partial charge < -0.3 is 0 Å². The molecular weight excluding hydrogens is 156 g/mol. The van der Waals surface area contributed by atoms with Gasteiger partial charge in [0.2, 0.25) is 0 Å². The Labute approximate surface area is 83.1 Å². The molecule has 0 saturated heterocycles. The van der Waals surface area contributed by atoms with E-state index in [1.165, 1.54) is 19.3 Å². The molecule has 4 saturated carbocycles. The van der Waals surface area contributed by atoms with Gasteiger partial charge in [0, 0.05) is 0 Å². The fourth-order valence-corrected chi connectivity index (χ4v) is 3.68. The largest absolute Gasteiger partial charge is 0.0625 e. The van der Waals surface area contributed by atoms with Gasteiger partial charge in [0.25, 0.3) is 0 Å². The number of hydrogen-bond donors (Lipinski definition) is 0. The molecule has 0 heterocycles. The first kappa shape index (κ1) is 9.55. The van der Waals surface area contributed by atoms with Crippen molar-refractivity contribution in [3.63, 3.8) is 0 Å². The summed E-state index contributed by atoms with van der Waals surface area (Å²) in [5.74, 6) is 5.35. The minimum atomic E-state index is 1.14. The highest BCUT2D eigenvalue weighted by atomic mass is 14.5. The van der Waals surface area contributed by atoms with E-state index < -0.39 is 0 Å². The van der Waals surface area contributed by atoms with E-state index in [0.29, 0.717) is 0 Å². The van der Waals surface area contributed by atoms with E-state index in [9.17, 15) is 0 Å². The minimum absolute atomic E-state index is 1.14. The van der Waals surface area contributed by atoms with E-state index >= 15 is 0 Å². The van der Waals surface area contributed by atoms with Gasteiger partial charge in [-0.2, -0.15) is 0 Å². The summed E-state index contributed by atoms with van der Waals surface area (Å²) < 4.78 is 0. The number of hydrogen-bond acceptors (Lipinski definition) is 0. The first-order valence-electron chi connectivity index (χ1n) is 5.89. The first-order valence-corrected chi connectivity index (χ1v) is 5.89. The first-order chi connectivity index (χ1) is 6.31. The lowest BCUT2D eigenvalue weighted by Crippen LogP contribution is -2.37. The molecule has 0 atom stereocenters. The molecule has 13 heavy (non-hydrogen) atoms. The molecular formula is C13H22. The van der Waals surface area contributed by atoms with E-state index in [4.69, 9.17) is 0 Å². The van der Waals surface area contributed by atoms with Crippen LogP contribution in [0.2, 0.25) is 0 Å². The zero-order valence-corrected chi connectivity index (χ0v) is 9.05. The fourth-order valence-electron chi connectivity index (χ4n) is 3.68. The van der Waals surface area contributed by atoms with Crippen molar-refractivity contribution in [2.24, 2.45) is 17.8 Å². The zero-order valence-electron chi connectivity index (χ0n) is 9.05. The summed E-state index contributed by atoms with van der Waals surface area (Å²) in [6.07, 6.45) is 11.3. The van der Waals surface area contributed by atoms with Crippen molar-refractivity contribution >= 4 is 0 Å². The van der Waals surface area contributed by atoms with Crippen molar-refractivity contribution in [3.8, 4) is 0 Å². The van der Waals surface area contributed by atoms with E-state index in [1.54, 1.807) is 19.3 Å². The Morgan fingerprint density at radius 2 is 1.15 bits per heavy atom. The molecule has 0 aromatic rings. The Hall–Kier alpha value is 0. The molecule has 0 amide bonds. The predicted octanol–water partition coefficient (Wildman–Crippen LogP) is 4.02. The van der Waals surface area contributed by atoms with Crippen molar-refractivity contribution in [2.45, 2.75) is 52.4 Å². The van der Waals surface area contributed by atoms with Crippen LogP contribution in [0.5, 0.6) is 0 Å². The van der Waals surface area contributed by atoms with Gasteiger partial charge >= 0.3 is 0 Å². The third kappa shape index (κ3) is 2.08. The van der Waals surface area contributed by atoms with Gasteiger partial charge in [-0.05, 0) is 68.6 Å². The van der Waals surface area contributed by atoms with Crippen LogP contribution in [0, 0.1) is 30.1 Å². The third-order valence-electron chi connectivity index (χ3n) is 3.73. The Morgan fingerprint density at radius 3 is 1.38 bits per heavy atom. The molecule has 4 rings (SSSR count). The van der Waals surface area contributed by atoms with Gasteiger partial charge in [-0.1, -0.05) is 13.8 Å². The van der Waals surface area contributed by atoms with Crippen molar-refractivity contribution in [2.75, 3.05) is 0 Å². The quantitative estimate of drug-likeness (QED) is 0.525. The van der Waals surface area contributed by atoms with Crippen LogP contribution >= 0.6 is 0 Å². The van der Waals surface area contributed by atoms with Crippen molar-refractivity contribution in [1.82, 2.24) is 0 Å². The second-order valence-electron chi connectivity index (χ2n) is 5.24. The van der Waals surface area contributed by atoms with Crippen LogP contribution in [-0.2, 0) is 0 Å². The molecule has 4 fully saturated rings. The van der Waals surface area contributed by atoms with Gasteiger partial charge in [0.1, 0.15) is 0 Å². The summed E-state index contributed by atoms with van der Waals surface area (Å²) in [5.41, 5.74) is 0. The fraction of sp³-hybridized carbons (Fsp3) is 0.846. The topological polar surface area (TPSA) is 0 Å². The van der Waals surface area contributed by atoms with Gasteiger partial charge in [-0.25, -0.2) is 0 Å². The van der Waals surface area contributed by atoms with Crippen LogP contribution in [0.4, 0.5) is 0 Å². The maximum absolute atomic E-state index is 2.00. The summed E-state index contributed by atoms with van der Waals surface area (Å²) in [6, 6.07) is 0. The molecule has 0 nitrogen and oxygen atoms in total. The van der Waals surface area contributed by atoms with Crippen LogP contribution in [-0.4, -0.2) is 0 Å². The molecule has 0 aromatic heterocycles. The second-order valence-corrected chi connectivity index (χ2v) is 5.24. The Morgan fingerprint density at radius 1 is 0.846 bits per heavy atom. The van der Waals surface area contributed by atoms with E-state index in [1.807, 2.05) is 26.2 Å². The molecule has 4 aliphatic rings. The zero-order chi connectivity index (χ0) is 9.26. The standard InChI is InChI=1S/C10H15.C3H7/c1-7-2-9-4-8(1)5-10(3-7)6-9;1-3-2/h7-9H,1-6H2;3H,1-2H3. The van der Waals surface area contributed by atoms with E-state index in [2.05, 4.69) is 0 Å². The summed E-state index contributed by atoms with van der Waals surface area (Å²) in [6.45, 7) is 4.00. The Bertz CT molecular complexity index is 103. The number of rotatable bonds is 0. The maximum atomic E-state index is 2.00. The third-order valence-corrected chi connectivity index (χ3v) is 3.73. The highest BCUT2D eigenvalue weighted by Crippen LogP contribution is 2.54. The molecule has 0 N–H and O–H groups in total. The molecule has 0 aromatic carbocycles. The van der Waals surface area contributed by atoms with Crippen molar-refractivity contribution in [3.05, 3.63) is 12.3 Å². The van der Waals surface area contributed by atoms with Gasteiger partial charge in [-0.3, -0.25) is 0 Å². The summed E-state index contributed by atoms with van der Waals surface area (Å²) >= 11 is 0. The van der Waals surface area contributed by atoms with Crippen molar-refractivity contribution < 1.29 is 0 Å². The maximum Gasteiger partial charge on any atom is -0.0233 e. The molecule has 2 radical (unpaired) electrons. The normalized spacial score (nSPS) is 41.5. The van der Waals surface area contributed by atoms with Crippen LogP contribution in [0.25, 0.3) is 0 Å². The van der Waals surface area contributed by atoms with Crippen LogP contribution in [0.15, 0.2) is 0 Å². The molecule has 0 spiro atoms. The van der Waals surface area contributed by atoms with Crippen molar-refractivity contribution in [1.29, 1.82) is 0 Å². The lowest BCUT2D eigenvalue weighted by atomic mass is 9.56. The molecule has 4 aliphatic carbocycles. The molecule has 0 heteroatoms. The molecule has 4 bridgehead atoms. The smallest absolute Gasteiger partial charge is 0.0233 e. The average Bonchev–Trinajstić information content (AvgIpc) is 2.01. The van der Waals surface area contributed by atoms with Gasteiger partial charge in [0.15, 0.2) is 0 Å². The SMILES string of the molecule is C1[C]2CC3CC1CC(C2)C3.C[CH]C. The highest BCUT2D eigenvalue weighted by molar-refractivity contribution is 5.08. The Kier molecular flexibility index (Phi) is 2.96. The monoisotopic (exact) mass is 178 g/mol. The van der Waals surface area contributed by atoms with Gasteiger partial charge in [0.05, 0.1) is 0 Å².